The minimum Gasteiger partial charge on any atom is -0.311 e. The van der Waals surface area contributed by atoms with Crippen molar-refractivity contribution >= 4 is 40.4 Å². The van der Waals surface area contributed by atoms with Gasteiger partial charge in [0, 0.05) is 39.7 Å². The van der Waals surface area contributed by atoms with Crippen molar-refractivity contribution in [3.05, 3.63) is 145 Å². The molecule has 3 nitrogen and oxygen atoms in total. The Balaban J connectivity index is 1.57. The zero-order chi connectivity index (χ0) is 24.0. The molecule has 0 N–H and O–H groups in total. The van der Waals surface area contributed by atoms with E-state index in [1.165, 1.54) is 5.56 Å². The molecule has 0 heterocycles. The average molecular weight is 455 g/mol. The molecule has 0 radical (unpaired) electrons. The standard InChI is InChI=1S/C32H26N2O/c1-25-12-16-29(17-13-25)34(30-18-14-26(24-35)15-19-30)32-22-20-31(21-23-32)33(27-8-4-2-5-9-27)28-10-6-3-7-11-28/h2-24H,1H3. The molecule has 5 rings (SSSR count). The molecule has 0 atom stereocenters. The van der Waals surface area contributed by atoms with Crippen LogP contribution in [0.3, 0.4) is 0 Å². The molecular formula is C32H26N2O. The van der Waals surface area contributed by atoms with E-state index < -0.39 is 0 Å². The molecule has 3 heteroatoms. The Hall–Kier alpha value is -4.63. The van der Waals surface area contributed by atoms with Crippen LogP contribution in [0.1, 0.15) is 15.9 Å². The molecule has 0 amide bonds. The Morgan fingerprint density at radius 3 is 1.11 bits per heavy atom. The highest BCUT2D eigenvalue weighted by molar-refractivity contribution is 5.82. The van der Waals surface area contributed by atoms with Gasteiger partial charge < -0.3 is 9.80 Å². The normalized spacial score (nSPS) is 10.5. The summed E-state index contributed by atoms with van der Waals surface area (Å²) >= 11 is 0. The number of hydrogen-bond donors (Lipinski definition) is 0. The van der Waals surface area contributed by atoms with E-state index in [1.54, 1.807) is 0 Å². The van der Waals surface area contributed by atoms with E-state index in [1.807, 2.05) is 36.4 Å². The van der Waals surface area contributed by atoms with Crippen molar-refractivity contribution in [3.8, 4) is 0 Å². The number of benzene rings is 5. The van der Waals surface area contributed by atoms with Gasteiger partial charge in [0.2, 0.25) is 0 Å². The number of para-hydroxylation sites is 2. The Labute approximate surface area is 206 Å². The molecule has 0 fully saturated rings. The lowest BCUT2D eigenvalue weighted by molar-refractivity contribution is 0.112. The van der Waals surface area contributed by atoms with E-state index in [0.717, 1.165) is 40.4 Å². The summed E-state index contributed by atoms with van der Waals surface area (Å²) in [6, 6.07) is 45.5. The monoisotopic (exact) mass is 454 g/mol. The van der Waals surface area contributed by atoms with Gasteiger partial charge in [0.15, 0.2) is 0 Å². The van der Waals surface area contributed by atoms with E-state index in [9.17, 15) is 4.79 Å². The second kappa shape index (κ2) is 10.1. The van der Waals surface area contributed by atoms with E-state index in [4.69, 9.17) is 0 Å². The predicted octanol–water partition coefficient (Wildman–Crippen LogP) is 8.75. The van der Waals surface area contributed by atoms with E-state index in [-0.39, 0.29) is 0 Å². The molecule has 0 saturated heterocycles. The molecule has 170 valence electrons. The molecule has 0 saturated carbocycles. The van der Waals surface area contributed by atoms with Crippen molar-refractivity contribution in [2.24, 2.45) is 0 Å². The van der Waals surface area contributed by atoms with Crippen LogP contribution < -0.4 is 9.80 Å². The lowest BCUT2D eigenvalue weighted by Crippen LogP contribution is -2.12. The summed E-state index contributed by atoms with van der Waals surface area (Å²) in [7, 11) is 0. The topological polar surface area (TPSA) is 23.6 Å². The number of nitrogens with zero attached hydrogens (tertiary/aromatic N) is 2. The maximum Gasteiger partial charge on any atom is 0.150 e. The van der Waals surface area contributed by atoms with Gasteiger partial charge in [-0.3, -0.25) is 4.79 Å². The van der Waals surface area contributed by atoms with Crippen LogP contribution in [0.2, 0.25) is 0 Å². The number of hydrogen-bond acceptors (Lipinski definition) is 3. The highest BCUT2D eigenvalue weighted by atomic mass is 16.1. The van der Waals surface area contributed by atoms with Gasteiger partial charge in [-0.2, -0.15) is 0 Å². The summed E-state index contributed by atoms with van der Waals surface area (Å²) in [6.07, 6.45) is 0.872. The number of aryl methyl sites for hydroxylation is 1. The first-order chi connectivity index (χ1) is 17.2. The Bertz CT molecular complexity index is 1340. The minimum atomic E-state index is 0.661. The van der Waals surface area contributed by atoms with E-state index in [0.29, 0.717) is 5.56 Å². The maximum atomic E-state index is 11.2. The van der Waals surface area contributed by atoms with Crippen LogP contribution in [0.15, 0.2) is 133 Å². The van der Waals surface area contributed by atoms with Crippen LogP contribution in [0.4, 0.5) is 34.1 Å². The lowest BCUT2D eigenvalue weighted by atomic mass is 10.1. The molecule has 0 bridgehead atoms. The van der Waals surface area contributed by atoms with Gasteiger partial charge in [-0.1, -0.05) is 54.1 Å². The summed E-state index contributed by atoms with van der Waals surface area (Å²) in [5, 5.41) is 0. The van der Waals surface area contributed by atoms with Crippen molar-refractivity contribution in [1.82, 2.24) is 0 Å². The SMILES string of the molecule is Cc1ccc(N(c2ccc(C=O)cc2)c2ccc(N(c3ccccc3)c3ccccc3)cc2)cc1. The van der Waals surface area contributed by atoms with E-state index in [2.05, 4.69) is 114 Å². The van der Waals surface area contributed by atoms with Crippen LogP contribution in [0, 0.1) is 6.92 Å². The van der Waals surface area contributed by atoms with E-state index >= 15 is 0 Å². The van der Waals surface area contributed by atoms with Gasteiger partial charge >= 0.3 is 0 Å². The third-order valence-electron chi connectivity index (χ3n) is 5.97. The maximum absolute atomic E-state index is 11.2. The third-order valence-corrected chi connectivity index (χ3v) is 5.97. The fraction of sp³-hybridized carbons (Fsp3) is 0.0312. The zero-order valence-electron chi connectivity index (χ0n) is 19.6. The summed E-state index contributed by atoms with van der Waals surface area (Å²) in [4.78, 5) is 15.6. The van der Waals surface area contributed by atoms with Crippen LogP contribution in [-0.4, -0.2) is 6.29 Å². The van der Waals surface area contributed by atoms with Crippen molar-refractivity contribution in [3.63, 3.8) is 0 Å². The number of carbonyl (C=O) groups is 1. The molecule has 0 unspecified atom stereocenters. The largest absolute Gasteiger partial charge is 0.311 e. The second-order valence-corrected chi connectivity index (χ2v) is 8.40. The number of aldehydes is 1. The van der Waals surface area contributed by atoms with Gasteiger partial charge in [-0.25, -0.2) is 0 Å². The summed E-state index contributed by atoms with van der Waals surface area (Å²) in [5.41, 5.74) is 8.25. The summed E-state index contributed by atoms with van der Waals surface area (Å²) in [5.74, 6) is 0. The van der Waals surface area contributed by atoms with Crippen LogP contribution in [0.5, 0.6) is 0 Å². The highest BCUT2D eigenvalue weighted by Crippen LogP contribution is 2.38. The van der Waals surface area contributed by atoms with Crippen LogP contribution in [-0.2, 0) is 0 Å². The van der Waals surface area contributed by atoms with Crippen LogP contribution >= 0.6 is 0 Å². The molecule has 35 heavy (non-hydrogen) atoms. The molecular weight excluding hydrogens is 428 g/mol. The van der Waals surface area contributed by atoms with Gasteiger partial charge in [0.05, 0.1) is 0 Å². The fourth-order valence-electron chi connectivity index (χ4n) is 4.20. The molecule has 0 aliphatic rings. The zero-order valence-corrected chi connectivity index (χ0v) is 19.6. The molecule has 0 aromatic heterocycles. The fourth-order valence-corrected chi connectivity index (χ4v) is 4.20. The Morgan fingerprint density at radius 2 is 0.743 bits per heavy atom. The highest BCUT2D eigenvalue weighted by Gasteiger charge is 2.15. The summed E-state index contributed by atoms with van der Waals surface area (Å²) in [6.45, 7) is 2.09. The Morgan fingerprint density at radius 1 is 0.429 bits per heavy atom. The lowest BCUT2D eigenvalue weighted by Gasteiger charge is -2.28. The van der Waals surface area contributed by atoms with Crippen molar-refractivity contribution in [2.45, 2.75) is 6.92 Å². The molecule has 5 aromatic rings. The first-order valence-corrected chi connectivity index (χ1v) is 11.7. The molecule has 0 aliphatic carbocycles. The molecule has 0 aliphatic heterocycles. The number of carbonyl (C=O) groups excluding carboxylic acids is 1. The summed E-state index contributed by atoms with van der Waals surface area (Å²) < 4.78 is 0. The smallest absolute Gasteiger partial charge is 0.150 e. The van der Waals surface area contributed by atoms with Crippen molar-refractivity contribution < 1.29 is 4.79 Å². The molecule has 5 aromatic carbocycles. The van der Waals surface area contributed by atoms with Gasteiger partial charge in [0.25, 0.3) is 0 Å². The third kappa shape index (κ3) is 4.85. The van der Waals surface area contributed by atoms with Gasteiger partial charge in [-0.15, -0.1) is 0 Å². The number of rotatable bonds is 7. The second-order valence-electron chi connectivity index (χ2n) is 8.40. The molecule has 0 spiro atoms. The first-order valence-electron chi connectivity index (χ1n) is 11.7. The van der Waals surface area contributed by atoms with Crippen molar-refractivity contribution in [2.75, 3.05) is 9.80 Å². The first kappa shape index (κ1) is 22.2. The quantitative estimate of drug-likeness (QED) is 0.230. The Kier molecular flexibility index (Phi) is 6.40. The van der Waals surface area contributed by atoms with Gasteiger partial charge in [-0.05, 0) is 91.9 Å². The predicted molar refractivity (Wildman–Crippen MR) is 146 cm³/mol. The number of anilines is 6. The van der Waals surface area contributed by atoms with Crippen molar-refractivity contribution in [1.29, 1.82) is 0 Å². The van der Waals surface area contributed by atoms with Gasteiger partial charge in [0.1, 0.15) is 6.29 Å². The minimum absolute atomic E-state index is 0.661. The average Bonchev–Trinajstić information content (AvgIpc) is 2.92. The van der Waals surface area contributed by atoms with Crippen LogP contribution in [0.25, 0.3) is 0 Å².